The van der Waals surface area contributed by atoms with Crippen molar-refractivity contribution in [2.75, 3.05) is 7.05 Å². The van der Waals surface area contributed by atoms with Gasteiger partial charge in [-0.05, 0) is 37.4 Å². The van der Waals surface area contributed by atoms with E-state index >= 15 is 0 Å². The first-order chi connectivity index (χ1) is 11.9. The number of ether oxygens (including phenoxy) is 1. The van der Waals surface area contributed by atoms with E-state index < -0.39 is 16.0 Å². The minimum absolute atomic E-state index is 0.00885. The molecule has 0 spiro atoms. The van der Waals surface area contributed by atoms with Gasteiger partial charge in [0.25, 0.3) is 0 Å². The Morgan fingerprint density at radius 1 is 1.28 bits per heavy atom. The first-order valence-electron chi connectivity index (χ1n) is 7.15. The lowest BCUT2D eigenvalue weighted by Crippen LogP contribution is -2.19. The average molecular weight is 397 g/mol. The van der Waals surface area contributed by atoms with E-state index in [1.54, 1.807) is 0 Å². The van der Waals surface area contributed by atoms with Crippen LogP contribution in [-0.4, -0.2) is 26.4 Å². The summed E-state index contributed by atoms with van der Waals surface area (Å²) in [6.45, 7) is 0.00885. The van der Waals surface area contributed by atoms with Crippen LogP contribution in [0.2, 0.25) is 5.02 Å². The molecule has 6 nitrogen and oxygen atoms in total. The Morgan fingerprint density at radius 3 is 2.76 bits per heavy atom. The van der Waals surface area contributed by atoms with Gasteiger partial charge in [-0.3, -0.25) is 0 Å². The summed E-state index contributed by atoms with van der Waals surface area (Å²) >= 11 is 7.34. The predicted molar refractivity (Wildman–Crippen MR) is 96.4 cm³/mol. The number of para-hydroxylation sites is 1. The SMILES string of the molecule is CNS(=O)(=O)c1cc(C(=O)OCc2nc3ccccc3s2)ccc1Cl. The zero-order valence-corrected chi connectivity index (χ0v) is 15.4. The maximum atomic E-state index is 12.2. The fourth-order valence-corrected chi connectivity index (χ4v) is 4.27. The summed E-state index contributed by atoms with van der Waals surface area (Å²) in [5.74, 6) is -0.650. The topological polar surface area (TPSA) is 85.4 Å². The van der Waals surface area contributed by atoms with Crippen molar-refractivity contribution in [1.82, 2.24) is 9.71 Å². The fourth-order valence-electron chi connectivity index (χ4n) is 2.14. The zero-order valence-electron chi connectivity index (χ0n) is 13.0. The largest absolute Gasteiger partial charge is 0.455 e. The molecule has 9 heteroatoms. The number of halogens is 1. The molecule has 0 saturated carbocycles. The number of nitrogens with one attached hydrogen (secondary N) is 1. The Bertz CT molecular complexity index is 1010. The van der Waals surface area contributed by atoms with E-state index in [4.69, 9.17) is 16.3 Å². The number of fused-ring (bicyclic) bond motifs is 1. The quantitative estimate of drug-likeness (QED) is 0.669. The van der Waals surface area contributed by atoms with Crippen LogP contribution in [0.1, 0.15) is 15.4 Å². The van der Waals surface area contributed by atoms with Crippen molar-refractivity contribution < 1.29 is 17.9 Å². The van der Waals surface area contributed by atoms with Crippen LogP contribution in [-0.2, 0) is 21.4 Å². The van der Waals surface area contributed by atoms with E-state index in [0.717, 1.165) is 10.2 Å². The van der Waals surface area contributed by atoms with Crippen LogP contribution in [0.3, 0.4) is 0 Å². The fraction of sp³-hybridized carbons (Fsp3) is 0.125. The molecule has 25 heavy (non-hydrogen) atoms. The molecule has 0 atom stereocenters. The Morgan fingerprint density at radius 2 is 2.04 bits per heavy atom. The van der Waals surface area contributed by atoms with E-state index in [1.165, 1.54) is 36.6 Å². The van der Waals surface area contributed by atoms with E-state index in [0.29, 0.717) is 5.01 Å². The highest BCUT2D eigenvalue weighted by Crippen LogP contribution is 2.24. The lowest BCUT2D eigenvalue weighted by Gasteiger charge is -2.08. The summed E-state index contributed by atoms with van der Waals surface area (Å²) in [5.41, 5.74) is 0.937. The molecule has 3 aromatic rings. The molecule has 0 saturated heterocycles. The highest BCUT2D eigenvalue weighted by atomic mass is 35.5. The Labute approximate surface area is 153 Å². The minimum Gasteiger partial charge on any atom is -0.455 e. The van der Waals surface area contributed by atoms with Crippen molar-refractivity contribution in [3.8, 4) is 0 Å². The lowest BCUT2D eigenvalue weighted by atomic mass is 10.2. The number of carbonyl (C=O) groups excluding carboxylic acids is 1. The van der Waals surface area contributed by atoms with Crippen molar-refractivity contribution in [3.63, 3.8) is 0 Å². The molecule has 130 valence electrons. The third-order valence-corrected chi connectivity index (χ3v) is 6.30. The summed E-state index contributed by atoms with van der Waals surface area (Å²) in [6, 6.07) is 11.6. The number of esters is 1. The molecular weight excluding hydrogens is 384 g/mol. The van der Waals surface area contributed by atoms with Gasteiger partial charge in [0.15, 0.2) is 0 Å². The molecule has 0 aliphatic heterocycles. The molecule has 3 rings (SSSR count). The first-order valence-corrected chi connectivity index (χ1v) is 9.83. The van der Waals surface area contributed by atoms with Crippen molar-refractivity contribution >= 4 is 49.1 Å². The number of nitrogens with zero attached hydrogens (tertiary/aromatic N) is 1. The molecular formula is C16H13ClN2O4S2. The summed E-state index contributed by atoms with van der Waals surface area (Å²) < 4.78 is 32.2. The first kappa shape index (κ1) is 17.8. The minimum atomic E-state index is -3.77. The van der Waals surface area contributed by atoms with Crippen LogP contribution in [0.15, 0.2) is 47.4 Å². The van der Waals surface area contributed by atoms with Gasteiger partial charge in [0.05, 0.1) is 20.8 Å². The normalized spacial score (nSPS) is 11.6. The van der Waals surface area contributed by atoms with Crippen molar-refractivity contribution in [1.29, 1.82) is 0 Å². The van der Waals surface area contributed by atoms with Gasteiger partial charge < -0.3 is 4.74 Å². The number of sulfonamides is 1. The molecule has 2 aromatic carbocycles. The third kappa shape index (κ3) is 3.82. The second kappa shape index (κ2) is 7.09. The van der Waals surface area contributed by atoms with Gasteiger partial charge in [0.2, 0.25) is 10.0 Å². The number of carbonyl (C=O) groups is 1. The highest BCUT2D eigenvalue weighted by molar-refractivity contribution is 7.89. The van der Waals surface area contributed by atoms with Gasteiger partial charge in [-0.15, -0.1) is 11.3 Å². The molecule has 1 heterocycles. The molecule has 0 radical (unpaired) electrons. The number of hydrogen-bond donors (Lipinski definition) is 1. The molecule has 0 aliphatic carbocycles. The number of aromatic nitrogens is 1. The number of hydrogen-bond acceptors (Lipinski definition) is 6. The molecule has 0 aliphatic rings. The number of benzene rings is 2. The Balaban J connectivity index is 1.78. The van der Waals surface area contributed by atoms with Crippen molar-refractivity contribution in [2.45, 2.75) is 11.5 Å². The molecule has 0 bridgehead atoms. The Kier molecular flexibility index (Phi) is 5.05. The van der Waals surface area contributed by atoms with Crippen LogP contribution in [0.4, 0.5) is 0 Å². The maximum absolute atomic E-state index is 12.2. The number of thiazole rings is 1. The van der Waals surface area contributed by atoms with Gasteiger partial charge in [0.1, 0.15) is 16.5 Å². The van der Waals surface area contributed by atoms with Crippen LogP contribution in [0, 0.1) is 0 Å². The maximum Gasteiger partial charge on any atom is 0.338 e. The highest BCUT2D eigenvalue weighted by Gasteiger charge is 2.19. The van der Waals surface area contributed by atoms with Crippen molar-refractivity contribution in [3.05, 3.63) is 58.1 Å². The van der Waals surface area contributed by atoms with E-state index in [9.17, 15) is 13.2 Å². The van der Waals surface area contributed by atoms with Crippen LogP contribution < -0.4 is 4.72 Å². The molecule has 0 unspecified atom stereocenters. The molecule has 1 aromatic heterocycles. The van der Waals surface area contributed by atoms with E-state index in [-0.39, 0.29) is 22.1 Å². The standard InChI is InChI=1S/C16H13ClN2O4S2/c1-18-25(21,22)14-8-10(6-7-11(14)17)16(20)23-9-15-19-12-4-2-3-5-13(12)24-15/h2-8,18H,9H2,1H3. The smallest absolute Gasteiger partial charge is 0.338 e. The second-order valence-corrected chi connectivity index (χ2v) is 8.38. The van der Waals surface area contributed by atoms with Gasteiger partial charge in [0, 0.05) is 0 Å². The van der Waals surface area contributed by atoms with Crippen LogP contribution >= 0.6 is 22.9 Å². The van der Waals surface area contributed by atoms with Gasteiger partial charge in [-0.25, -0.2) is 22.9 Å². The van der Waals surface area contributed by atoms with Gasteiger partial charge >= 0.3 is 5.97 Å². The van der Waals surface area contributed by atoms with Gasteiger partial charge in [-0.1, -0.05) is 23.7 Å². The summed E-state index contributed by atoms with van der Waals surface area (Å²) in [6.07, 6.45) is 0. The van der Waals surface area contributed by atoms with E-state index in [2.05, 4.69) is 9.71 Å². The Hall–Kier alpha value is -2.00. The molecule has 1 N–H and O–H groups in total. The summed E-state index contributed by atoms with van der Waals surface area (Å²) in [7, 11) is -2.50. The van der Waals surface area contributed by atoms with Crippen molar-refractivity contribution in [2.24, 2.45) is 0 Å². The lowest BCUT2D eigenvalue weighted by molar-refractivity contribution is 0.0472. The number of rotatable bonds is 5. The molecule has 0 fully saturated rings. The summed E-state index contributed by atoms with van der Waals surface area (Å²) in [5, 5.41) is 0.684. The molecule has 0 amide bonds. The monoisotopic (exact) mass is 396 g/mol. The van der Waals surface area contributed by atoms with Crippen LogP contribution in [0.25, 0.3) is 10.2 Å². The van der Waals surface area contributed by atoms with Gasteiger partial charge in [-0.2, -0.15) is 0 Å². The average Bonchev–Trinajstić information content (AvgIpc) is 3.02. The second-order valence-electron chi connectivity index (χ2n) is 5.00. The third-order valence-electron chi connectivity index (χ3n) is 3.39. The summed E-state index contributed by atoms with van der Waals surface area (Å²) in [4.78, 5) is 16.4. The van der Waals surface area contributed by atoms with E-state index in [1.807, 2.05) is 24.3 Å². The zero-order chi connectivity index (χ0) is 18.0. The van der Waals surface area contributed by atoms with Crippen LogP contribution in [0.5, 0.6) is 0 Å². The predicted octanol–water partition coefficient (Wildman–Crippen LogP) is 3.21.